The van der Waals surface area contributed by atoms with E-state index in [0.29, 0.717) is 5.92 Å². The maximum atomic E-state index is 4.42. The quantitative estimate of drug-likeness (QED) is 0.404. The molecule has 0 aliphatic rings. The molecular formula is C22H31. The van der Waals surface area contributed by atoms with Gasteiger partial charge in [0.05, 0.1) is 0 Å². The van der Waals surface area contributed by atoms with E-state index in [4.69, 9.17) is 0 Å². The Labute approximate surface area is 136 Å². The molecule has 2 aromatic carbocycles. The van der Waals surface area contributed by atoms with Gasteiger partial charge in [0.1, 0.15) is 0 Å². The molecule has 0 heteroatoms. The fourth-order valence-corrected chi connectivity index (χ4v) is 3.29. The molecule has 0 saturated heterocycles. The van der Waals surface area contributed by atoms with Crippen molar-refractivity contribution < 1.29 is 0 Å². The van der Waals surface area contributed by atoms with Crippen LogP contribution in [-0.2, 0) is 0 Å². The molecule has 1 unspecified atom stereocenters. The lowest BCUT2D eigenvalue weighted by atomic mass is 9.90. The first-order chi connectivity index (χ1) is 10.8. The van der Waals surface area contributed by atoms with E-state index in [9.17, 15) is 0 Å². The summed E-state index contributed by atoms with van der Waals surface area (Å²) in [5, 5.41) is 2.72. The van der Waals surface area contributed by atoms with Gasteiger partial charge in [-0.25, -0.2) is 0 Å². The van der Waals surface area contributed by atoms with Gasteiger partial charge in [0.2, 0.25) is 0 Å². The van der Waals surface area contributed by atoms with Crippen molar-refractivity contribution in [2.75, 3.05) is 0 Å². The van der Waals surface area contributed by atoms with Gasteiger partial charge in [-0.1, -0.05) is 101 Å². The van der Waals surface area contributed by atoms with Crippen molar-refractivity contribution in [1.82, 2.24) is 0 Å². The zero-order valence-electron chi connectivity index (χ0n) is 14.2. The van der Waals surface area contributed by atoms with Crippen molar-refractivity contribution in [2.45, 2.75) is 70.6 Å². The third-order valence-electron chi connectivity index (χ3n) is 4.67. The van der Waals surface area contributed by atoms with Crippen LogP contribution in [0.25, 0.3) is 10.8 Å². The molecule has 119 valence electrons. The van der Waals surface area contributed by atoms with Crippen molar-refractivity contribution in [2.24, 2.45) is 0 Å². The van der Waals surface area contributed by atoms with Gasteiger partial charge in [-0.3, -0.25) is 0 Å². The van der Waals surface area contributed by atoms with Gasteiger partial charge in [0, 0.05) is 0 Å². The number of benzene rings is 2. The highest BCUT2D eigenvalue weighted by Gasteiger charge is 2.08. The van der Waals surface area contributed by atoms with Crippen molar-refractivity contribution >= 4 is 10.8 Å². The lowest BCUT2D eigenvalue weighted by molar-refractivity contribution is 0.554. The van der Waals surface area contributed by atoms with Crippen LogP contribution in [0.1, 0.15) is 76.2 Å². The standard InChI is InChI=1S/C22H31/c1-3-4-5-6-7-8-9-10-14-19(2)21-18-13-16-20-15-11-12-17-22(20)21/h11-13,15-19H,2-10,14H2,1H3. The van der Waals surface area contributed by atoms with E-state index in [1.165, 1.54) is 74.1 Å². The van der Waals surface area contributed by atoms with Gasteiger partial charge in [-0.05, 0) is 35.6 Å². The highest BCUT2D eigenvalue weighted by molar-refractivity contribution is 5.86. The predicted octanol–water partition coefficient (Wildman–Crippen LogP) is 7.29. The van der Waals surface area contributed by atoms with Gasteiger partial charge in [-0.2, -0.15) is 0 Å². The third kappa shape index (κ3) is 5.16. The maximum absolute atomic E-state index is 4.42. The molecule has 0 spiro atoms. The highest BCUT2D eigenvalue weighted by Crippen LogP contribution is 2.28. The zero-order chi connectivity index (χ0) is 15.6. The summed E-state index contributed by atoms with van der Waals surface area (Å²) < 4.78 is 0. The fourth-order valence-electron chi connectivity index (χ4n) is 3.29. The minimum Gasteiger partial charge on any atom is -0.0654 e. The first-order valence-electron chi connectivity index (χ1n) is 9.13. The summed E-state index contributed by atoms with van der Waals surface area (Å²) in [6.45, 7) is 6.70. The highest BCUT2D eigenvalue weighted by atomic mass is 14.1. The Hall–Kier alpha value is -1.30. The Kier molecular flexibility index (Phi) is 7.49. The largest absolute Gasteiger partial charge is 0.0654 e. The maximum Gasteiger partial charge on any atom is -0.0149 e. The summed E-state index contributed by atoms with van der Waals surface area (Å²) in [5.74, 6) is 0.422. The molecular weight excluding hydrogens is 264 g/mol. The summed E-state index contributed by atoms with van der Waals surface area (Å²) >= 11 is 0. The molecule has 0 saturated carbocycles. The Morgan fingerprint density at radius 3 is 2.18 bits per heavy atom. The van der Waals surface area contributed by atoms with Gasteiger partial charge in [-0.15, -0.1) is 0 Å². The van der Waals surface area contributed by atoms with Crippen LogP contribution in [0, 0.1) is 6.92 Å². The molecule has 2 aromatic rings. The summed E-state index contributed by atoms with van der Waals surface area (Å²) in [6.07, 6.45) is 12.3. The molecule has 0 heterocycles. The molecule has 22 heavy (non-hydrogen) atoms. The molecule has 0 amide bonds. The second-order valence-electron chi connectivity index (χ2n) is 6.53. The molecule has 0 aliphatic heterocycles. The van der Waals surface area contributed by atoms with Gasteiger partial charge < -0.3 is 0 Å². The van der Waals surface area contributed by atoms with Crippen LogP contribution in [0.2, 0.25) is 0 Å². The third-order valence-corrected chi connectivity index (χ3v) is 4.67. The number of fused-ring (bicyclic) bond motifs is 1. The van der Waals surface area contributed by atoms with Crippen LogP contribution in [-0.4, -0.2) is 0 Å². The van der Waals surface area contributed by atoms with Crippen molar-refractivity contribution in [3.8, 4) is 0 Å². The van der Waals surface area contributed by atoms with Crippen LogP contribution >= 0.6 is 0 Å². The molecule has 0 fully saturated rings. The zero-order valence-corrected chi connectivity index (χ0v) is 14.2. The Morgan fingerprint density at radius 2 is 1.41 bits per heavy atom. The second-order valence-corrected chi connectivity index (χ2v) is 6.53. The minimum atomic E-state index is 0.422. The van der Waals surface area contributed by atoms with Crippen LogP contribution < -0.4 is 0 Å². The lowest BCUT2D eigenvalue weighted by Crippen LogP contribution is -1.95. The van der Waals surface area contributed by atoms with Crippen molar-refractivity contribution in [1.29, 1.82) is 0 Å². The van der Waals surface area contributed by atoms with Gasteiger partial charge >= 0.3 is 0 Å². The number of rotatable bonds is 10. The van der Waals surface area contributed by atoms with Crippen LogP contribution in [0.5, 0.6) is 0 Å². The van der Waals surface area contributed by atoms with E-state index in [0.717, 1.165) is 0 Å². The average molecular weight is 295 g/mol. The van der Waals surface area contributed by atoms with E-state index in [-0.39, 0.29) is 0 Å². The number of hydrogen-bond acceptors (Lipinski definition) is 0. The topological polar surface area (TPSA) is 0 Å². The minimum absolute atomic E-state index is 0.422. The molecule has 0 N–H and O–H groups in total. The fraction of sp³-hybridized carbons (Fsp3) is 0.500. The van der Waals surface area contributed by atoms with E-state index < -0.39 is 0 Å². The van der Waals surface area contributed by atoms with Crippen molar-refractivity contribution in [3.63, 3.8) is 0 Å². The first kappa shape index (κ1) is 17.1. The first-order valence-corrected chi connectivity index (χ1v) is 9.13. The summed E-state index contributed by atoms with van der Waals surface area (Å²) in [6, 6.07) is 15.3. The molecule has 0 aromatic heterocycles. The number of unbranched alkanes of at least 4 members (excludes halogenated alkanes) is 7. The molecule has 0 aliphatic carbocycles. The monoisotopic (exact) mass is 295 g/mol. The molecule has 0 nitrogen and oxygen atoms in total. The molecule has 1 atom stereocenters. The van der Waals surface area contributed by atoms with E-state index in [1.54, 1.807) is 0 Å². The van der Waals surface area contributed by atoms with Crippen LogP contribution in [0.4, 0.5) is 0 Å². The van der Waals surface area contributed by atoms with Crippen LogP contribution in [0.15, 0.2) is 42.5 Å². The normalized spacial score (nSPS) is 12.6. The second kappa shape index (κ2) is 9.66. The number of hydrogen-bond donors (Lipinski definition) is 0. The molecule has 0 bridgehead atoms. The lowest BCUT2D eigenvalue weighted by Gasteiger charge is -2.14. The Bertz CT molecular complexity index is 535. The summed E-state index contributed by atoms with van der Waals surface area (Å²) in [4.78, 5) is 0. The van der Waals surface area contributed by atoms with Crippen LogP contribution in [0.3, 0.4) is 0 Å². The predicted molar refractivity (Wildman–Crippen MR) is 99.3 cm³/mol. The summed E-state index contributed by atoms with van der Waals surface area (Å²) in [5.41, 5.74) is 1.42. The van der Waals surface area contributed by atoms with Gasteiger partial charge in [0.25, 0.3) is 0 Å². The average Bonchev–Trinajstić information content (AvgIpc) is 2.56. The molecule has 2 rings (SSSR count). The van der Waals surface area contributed by atoms with Crippen molar-refractivity contribution in [3.05, 3.63) is 55.0 Å². The van der Waals surface area contributed by atoms with E-state index >= 15 is 0 Å². The SMILES string of the molecule is [CH2]C(CCCCCCCCCC)c1cccc2ccccc12. The van der Waals surface area contributed by atoms with Gasteiger partial charge in [0.15, 0.2) is 0 Å². The van der Waals surface area contributed by atoms with E-state index in [1.807, 2.05) is 0 Å². The Balaban J connectivity index is 1.74. The molecule has 1 radical (unpaired) electrons. The smallest absolute Gasteiger partial charge is 0.0149 e. The Morgan fingerprint density at radius 1 is 0.773 bits per heavy atom. The summed E-state index contributed by atoms with van der Waals surface area (Å²) in [7, 11) is 0. The van der Waals surface area contributed by atoms with E-state index in [2.05, 4.69) is 56.3 Å².